The number of carbonyl (C=O) groups excluding carboxylic acids is 1. The van der Waals surface area contributed by atoms with Crippen LogP contribution in [-0.4, -0.2) is 67.2 Å². The van der Waals surface area contributed by atoms with Crippen LogP contribution in [0.3, 0.4) is 0 Å². The maximum Gasteiger partial charge on any atom is 0.224 e. The molecule has 2 aliphatic rings. The second-order valence-corrected chi connectivity index (χ2v) is 6.29. The van der Waals surface area contributed by atoms with Crippen LogP contribution in [0.1, 0.15) is 18.5 Å². The Labute approximate surface area is 137 Å². The fourth-order valence-electron chi connectivity index (χ4n) is 3.15. The molecule has 2 fully saturated rings. The summed E-state index contributed by atoms with van der Waals surface area (Å²) in [4.78, 5) is 25.3. The van der Waals surface area contributed by atoms with Crippen LogP contribution >= 0.6 is 0 Å². The van der Waals surface area contributed by atoms with Gasteiger partial charge >= 0.3 is 0 Å². The zero-order valence-corrected chi connectivity index (χ0v) is 13.7. The van der Waals surface area contributed by atoms with Crippen molar-refractivity contribution < 1.29 is 9.53 Å². The van der Waals surface area contributed by atoms with Gasteiger partial charge in [0, 0.05) is 25.7 Å². The van der Waals surface area contributed by atoms with Crippen LogP contribution in [0.25, 0.3) is 0 Å². The van der Waals surface area contributed by atoms with Crippen molar-refractivity contribution in [2.45, 2.75) is 19.4 Å². The summed E-state index contributed by atoms with van der Waals surface area (Å²) in [7, 11) is 2.07. The molecule has 3 rings (SSSR count). The Morgan fingerprint density at radius 3 is 2.96 bits per heavy atom. The number of hydrogen-bond acceptors (Lipinski definition) is 6. The summed E-state index contributed by atoms with van der Waals surface area (Å²) < 4.78 is 5.36. The molecule has 2 saturated heterocycles. The van der Waals surface area contributed by atoms with E-state index in [-0.39, 0.29) is 11.8 Å². The first-order valence-electron chi connectivity index (χ1n) is 8.32. The molecule has 3 heterocycles. The van der Waals surface area contributed by atoms with Crippen molar-refractivity contribution in [2.24, 2.45) is 5.92 Å². The van der Waals surface area contributed by atoms with Crippen molar-refractivity contribution in [3.63, 3.8) is 0 Å². The number of aromatic nitrogens is 2. The minimum Gasteiger partial charge on any atom is -0.378 e. The fraction of sp³-hybridized carbons (Fsp3) is 0.688. The molecule has 0 aliphatic carbocycles. The van der Waals surface area contributed by atoms with Gasteiger partial charge in [-0.15, -0.1) is 0 Å². The highest BCUT2D eigenvalue weighted by Crippen LogP contribution is 2.16. The average Bonchev–Trinajstić information content (AvgIpc) is 2.61. The van der Waals surface area contributed by atoms with Gasteiger partial charge in [-0.25, -0.2) is 9.97 Å². The molecule has 2 aliphatic heterocycles. The summed E-state index contributed by atoms with van der Waals surface area (Å²) in [6.07, 6.45) is 3.63. The van der Waals surface area contributed by atoms with Crippen LogP contribution in [0, 0.1) is 5.92 Å². The van der Waals surface area contributed by atoms with Gasteiger partial charge in [-0.1, -0.05) is 0 Å². The highest BCUT2D eigenvalue weighted by atomic mass is 16.5. The monoisotopic (exact) mass is 319 g/mol. The van der Waals surface area contributed by atoms with Crippen molar-refractivity contribution in [1.29, 1.82) is 0 Å². The molecule has 1 amide bonds. The Morgan fingerprint density at radius 2 is 2.17 bits per heavy atom. The molecule has 1 aromatic heterocycles. The van der Waals surface area contributed by atoms with E-state index >= 15 is 0 Å². The summed E-state index contributed by atoms with van der Waals surface area (Å²) in [5.41, 5.74) is 0.846. The lowest BCUT2D eigenvalue weighted by atomic mass is 9.97. The first kappa shape index (κ1) is 16.1. The van der Waals surface area contributed by atoms with Crippen molar-refractivity contribution in [3.05, 3.63) is 18.1 Å². The van der Waals surface area contributed by atoms with E-state index in [9.17, 15) is 4.79 Å². The first-order chi connectivity index (χ1) is 11.2. The van der Waals surface area contributed by atoms with Crippen LogP contribution in [0.2, 0.25) is 0 Å². The van der Waals surface area contributed by atoms with E-state index in [1.807, 2.05) is 6.07 Å². The van der Waals surface area contributed by atoms with E-state index in [1.54, 1.807) is 6.33 Å². The van der Waals surface area contributed by atoms with E-state index in [4.69, 9.17) is 4.74 Å². The number of morpholine rings is 1. The zero-order valence-electron chi connectivity index (χ0n) is 13.7. The van der Waals surface area contributed by atoms with Gasteiger partial charge in [-0.2, -0.15) is 0 Å². The van der Waals surface area contributed by atoms with Crippen molar-refractivity contribution in [1.82, 2.24) is 20.2 Å². The third-order valence-electron chi connectivity index (χ3n) is 4.48. The number of ether oxygens (including phenoxy) is 1. The minimum absolute atomic E-state index is 0.0919. The van der Waals surface area contributed by atoms with Crippen LogP contribution in [-0.2, 0) is 16.1 Å². The van der Waals surface area contributed by atoms with Crippen LogP contribution in [0.15, 0.2) is 12.4 Å². The predicted octanol–water partition coefficient (Wildman–Crippen LogP) is 0.271. The minimum atomic E-state index is 0.0919. The smallest absolute Gasteiger partial charge is 0.224 e. The normalized spacial score (nSPS) is 22.8. The molecule has 0 saturated carbocycles. The van der Waals surface area contributed by atoms with Gasteiger partial charge < -0.3 is 19.9 Å². The first-order valence-corrected chi connectivity index (χ1v) is 8.32. The van der Waals surface area contributed by atoms with Gasteiger partial charge in [-0.3, -0.25) is 4.79 Å². The lowest BCUT2D eigenvalue weighted by Gasteiger charge is -2.29. The third kappa shape index (κ3) is 4.39. The summed E-state index contributed by atoms with van der Waals surface area (Å²) in [5.74, 6) is 1.13. The Kier molecular flexibility index (Phi) is 5.40. The van der Waals surface area contributed by atoms with Crippen LogP contribution < -0.4 is 10.2 Å². The molecule has 1 N–H and O–H groups in total. The Morgan fingerprint density at radius 1 is 1.35 bits per heavy atom. The molecule has 7 heteroatoms. The molecular formula is C16H25N5O2. The molecule has 1 atom stereocenters. The zero-order chi connectivity index (χ0) is 16.1. The lowest BCUT2D eigenvalue weighted by Crippen LogP contribution is -2.41. The summed E-state index contributed by atoms with van der Waals surface area (Å²) in [6, 6.07) is 1.96. The summed E-state index contributed by atoms with van der Waals surface area (Å²) in [6.45, 7) is 5.52. The Balaban J connectivity index is 1.54. The molecule has 1 aromatic rings. The second kappa shape index (κ2) is 7.70. The number of nitrogens with zero attached hydrogens (tertiary/aromatic N) is 4. The highest BCUT2D eigenvalue weighted by molar-refractivity contribution is 5.78. The fourth-order valence-corrected chi connectivity index (χ4v) is 3.15. The quantitative estimate of drug-likeness (QED) is 0.859. The summed E-state index contributed by atoms with van der Waals surface area (Å²) >= 11 is 0. The molecule has 0 radical (unpaired) electrons. The topological polar surface area (TPSA) is 70.6 Å². The molecule has 23 heavy (non-hydrogen) atoms. The number of amides is 1. The van der Waals surface area contributed by atoms with E-state index in [0.29, 0.717) is 6.54 Å². The van der Waals surface area contributed by atoms with E-state index < -0.39 is 0 Å². The van der Waals surface area contributed by atoms with Crippen LogP contribution in [0.5, 0.6) is 0 Å². The number of rotatable bonds is 4. The number of likely N-dealkylation sites (tertiary alicyclic amines) is 1. The maximum atomic E-state index is 12.3. The van der Waals surface area contributed by atoms with E-state index in [1.165, 1.54) is 0 Å². The maximum absolute atomic E-state index is 12.3. The second-order valence-electron chi connectivity index (χ2n) is 6.29. The number of hydrogen-bond donors (Lipinski definition) is 1. The molecule has 1 unspecified atom stereocenters. The number of piperidine rings is 1. The average molecular weight is 319 g/mol. The Bertz CT molecular complexity index is 533. The highest BCUT2D eigenvalue weighted by Gasteiger charge is 2.23. The molecule has 7 nitrogen and oxygen atoms in total. The number of carbonyl (C=O) groups is 1. The SMILES string of the molecule is CN1CCCC(C(=O)NCc2cc(N3CCOCC3)ncn2)C1. The van der Waals surface area contributed by atoms with Gasteiger partial charge in [0.25, 0.3) is 0 Å². The van der Waals surface area contributed by atoms with Gasteiger partial charge in [0.05, 0.1) is 31.4 Å². The standard InChI is InChI=1S/C16H25N5O2/c1-20-4-2-3-13(11-20)16(22)17-10-14-9-15(19-12-18-14)21-5-7-23-8-6-21/h9,12-13H,2-8,10-11H2,1H3,(H,17,22). The van der Waals surface area contributed by atoms with Gasteiger partial charge in [0.2, 0.25) is 5.91 Å². The predicted molar refractivity (Wildman–Crippen MR) is 87.1 cm³/mol. The molecule has 0 aromatic carbocycles. The third-order valence-corrected chi connectivity index (χ3v) is 4.48. The van der Waals surface area contributed by atoms with E-state index in [2.05, 4.69) is 32.1 Å². The number of nitrogens with one attached hydrogen (secondary N) is 1. The summed E-state index contributed by atoms with van der Waals surface area (Å²) in [5, 5.41) is 3.02. The van der Waals surface area contributed by atoms with Crippen molar-refractivity contribution in [3.8, 4) is 0 Å². The van der Waals surface area contributed by atoms with Crippen LogP contribution in [0.4, 0.5) is 5.82 Å². The van der Waals surface area contributed by atoms with Crippen molar-refractivity contribution >= 4 is 11.7 Å². The molecule has 0 bridgehead atoms. The van der Waals surface area contributed by atoms with Gasteiger partial charge in [0.15, 0.2) is 0 Å². The molecular weight excluding hydrogens is 294 g/mol. The van der Waals surface area contributed by atoms with Crippen molar-refractivity contribution in [2.75, 3.05) is 51.3 Å². The van der Waals surface area contributed by atoms with Gasteiger partial charge in [0.1, 0.15) is 12.1 Å². The number of anilines is 1. The lowest BCUT2D eigenvalue weighted by molar-refractivity contribution is -0.126. The molecule has 0 spiro atoms. The Hall–Kier alpha value is -1.73. The molecule has 126 valence electrons. The van der Waals surface area contributed by atoms with E-state index in [0.717, 1.165) is 63.7 Å². The van der Waals surface area contributed by atoms with Gasteiger partial charge in [-0.05, 0) is 26.4 Å². The largest absolute Gasteiger partial charge is 0.378 e.